The van der Waals surface area contributed by atoms with Crippen LogP contribution in [0.25, 0.3) is 11.0 Å². The molecule has 0 atom stereocenters. The summed E-state index contributed by atoms with van der Waals surface area (Å²) < 4.78 is 7.31. The zero-order valence-corrected chi connectivity index (χ0v) is 13.4. The number of aliphatic carboxylic acids is 1. The molecule has 3 aromatic rings. The number of fused-ring (bicyclic) bond motifs is 1. The Morgan fingerprint density at radius 2 is 2.08 bits per heavy atom. The Labute approximate surface area is 139 Å². The first kappa shape index (κ1) is 15.9. The van der Waals surface area contributed by atoms with E-state index < -0.39 is 5.97 Å². The van der Waals surface area contributed by atoms with E-state index in [1.165, 1.54) is 0 Å². The summed E-state index contributed by atoms with van der Waals surface area (Å²) in [6.07, 6.45) is 0.577. The molecule has 0 bridgehead atoms. The normalized spacial score (nSPS) is 10.9. The summed E-state index contributed by atoms with van der Waals surface area (Å²) in [5.41, 5.74) is 9.72. The van der Waals surface area contributed by atoms with Crippen molar-refractivity contribution in [3.8, 4) is 5.75 Å². The largest absolute Gasteiger partial charge is 0.496 e. The number of carbonyl (C=O) groups is 1. The molecule has 6 heteroatoms. The van der Waals surface area contributed by atoms with Crippen molar-refractivity contribution >= 4 is 23.0 Å². The van der Waals surface area contributed by atoms with Gasteiger partial charge in [-0.05, 0) is 30.2 Å². The van der Waals surface area contributed by atoms with Crippen molar-refractivity contribution in [1.29, 1.82) is 0 Å². The number of anilines is 1. The van der Waals surface area contributed by atoms with Crippen LogP contribution in [0.1, 0.15) is 17.5 Å². The molecule has 3 N–H and O–H groups in total. The Bertz CT molecular complexity index is 886. The smallest absolute Gasteiger partial charge is 0.303 e. The monoisotopic (exact) mass is 325 g/mol. The van der Waals surface area contributed by atoms with Crippen molar-refractivity contribution in [2.24, 2.45) is 0 Å². The summed E-state index contributed by atoms with van der Waals surface area (Å²) in [4.78, 5) is 15.1. The number of ether oxygens (including phenoxy) is 1. The van der Waals surface area contributed by atoms with E-state index in [2.05, 4.69) is 4.98 Å². The molecule has 0 spiro atoms. The summed E-state index contributed by atoms with van der Waals surface area (Å²) in [7, 11) is 1.64. The van der Waals surface area contributed by atoms with Gasteiger partial charge in [-0.1, -0.05) is 24.3 Å². The van der Waals surface area contributed by atoms with Crippen LogP contribution in [0.2, 0.25) is 0 Å². The zero-order valence-electron chi connectivity index (χ0n) is 13.4. The highest BCUT2D eigenvalue weighted by atomic mass is 16.5. The van der Waals surface area contributed by atoms with Crippen LogP contribution in [0.15, 0.2) is 42.5 Å². The van der Waals surface area contributed by atoms with Crippen LogP contribution in [-0.4, -0.2) is 27.7 Å². The van der Waals surface area contributed by atoms with Gasteiger partial charge >= 0.3 is 5.97 Å². The number of methoxy groups -OCH3 is 1. The van der Waals surface area contributed by atoms with Gasteiger partial charge < -0.3 is 20.1 Å². The maximum absolute atomic E-state index is 10.7. The maximum Gasteiger partial charge on any atom is 0.303 e. The number of hydrogen-bond acceptors (Lipinski definition) is 4. The van der Waals surface area contributed by atoms with E-state index in [1.54, 1.807) is 7.11 Å². The van der Waals surface area contributed by atoms with Crippen molar-refractivity contribution < 1.29 is 14.6 Å². The van der Waals surface area contributed by atoms with E-state index in [-0.39, 0.29) is 6.42 Å². The summed E-state index contributed by atoms with van der Waals surface area (Å²) in [6, 6.07) is 13.5. The summed E-state index contributed by atoms with van der Waals surface area (Å²) in [5.74, 6) is 0.416. The number of nitrogens with two attached hydrogens (primary N) is 1. The van der Waals surface area contributed by atoms with Crippen molar-refractivity contribution in [1.82, 2.24) is 9.55 Å². The fourth-order valence-electron chi connectivity index (χ4n) is 2.77. The van der Waals surface area contributed by atoms with E-state index in [9.17, 15) is 4.79 Å². The highest BCUT2D eigenvalue weighted by Crippen LogP contribution is 2.24. The fourth-order valence-corrected chi connectivity index (χ4v) is 2.77. The number of carboxylic acid groups (broad SMARTS) is 1. The number of nitrogen functional groups attached to an aromatic ring is 1. The number of nitrogens with zero attached hydrogens (tertiary/aromatic N) is 2. The molecule has 1 heterocycles. The van der Waals surface area contributed by atoms with Gasteiger partial charge in [0.15, 0.2) is 0 Å². The number of aryl methyl sites for hydroxylation is 1. The number of aromatic nitrogens is 2. The second kappa shape index (κ2) is 6.62. The number of hydrogen-bond donors (Lipinski definition) is 2. The highest BCUT2D eigenvalue weighted by Gasteiger charge is 2.12. The van der Waals surface area contributed by atoms with Gasteiger partial charge in [0.25, 0.3) is 0 Å². The van der Waals surface area contributed by atoms with Crippen molar-refractivity contribution in [2.45, 2.75) is 19.4 Å². The van der Waals surface area contributed by atoms with Crippen molar-refractivity contribution in [2.75, 3.05) is 12.8 Å². The van der Waals surface area contributed by atoms with Crippen LogP contribution in [-0.2, 0) is 17.8 Å². The van der Waals surface area contributed by atoms with Gasteiger partial charge in [-0.2, -0.15) is 0 Å². The maximum atomic E-state index is 10.7. The van der Waals surface area contributed by atoms with Crippen LogP contribution in [0, 0.1) is 0 Å². The molecule has 0 radical (unpaired) electrons. The Hall–Kier alpha value is -3.02. The van der Waals surface area contributed by atoms with Crippen molar-refractivity contribution in [3.05, 3.63) is 53.6 Å². The quantitative estimate of drug-likeness (QED) is 0.727. The van der Waals surface area contributed by atoms with Gasteiger partial charge in [-0.15, -0.1) is 0 Å². The van der Waals surface area contributed by atoms with Gasteiger partial charge in [0.1, 0.15) is 5.75 Å². The van der Waals surface area contributed by atoms with E-state index in [0.29, 0.717) is 18.9 Å². The molecule has 0 unspecified atom stereocenters. The van der Waals surface area contributed by atoms with Gasteiger partial charge in [-0.25, -0.2) is 4.98 Å². The van der Waals surface area contributed by atoms with Gasteiger partial charge in [0.2, 0.25) is 5.95 Å². The minimum Gasteiger partial charge on any atom is -0.496 e. The molecule has 0 fully saturated rings. The lowest BCUT2D eigenvalue weighted by atomic mass is 10.1. The van der Waals surface area contributed by atoms with Gasteiger partial charge in [0.05, 0.1) is 24.7 Å². The summed E-state index contributed by atoms with van der Waals surface area (Å²) in [6.45, 7) is 0.556. The summed E-state index contributed by atoms with van der Waals surface area (Å²) >= 11 is 0. The first-order valence-corrected chi connectivity index (χ1v) is 7.67. The first-order chi connectivity index (χ1) is 11.6. The Kier molecular flexibility index (Phi) is 4.37. The number of carboxylic acids is 1. The van der Waals surface area contributed by atoms with Gasteiger partial charge in [0, 0.05) is 12.0 Å². The van der Waals surface area contributed by atoms with E-state index in [0.717, 1.165) is 27.9 Å². The number of para-hydroxylation sites is 1. The van der Waals surface area contributed by atoms with Crippen LogP contribution in [0.5, 0.6) is 5.75 Å². The predicted octanol–water partition coefficient (Wildman–Crippen LogP) is 2.69. The summed E-state index contributed by atoms with van der Waals surface area (Å²) in [5, 5.41) is 8.80. The standard InChI is InChI=1S/C18H19N3O3/c1-24-16-5-3-2-4-13(16)11-21-15-8-6-12(7-9-17(22)23)10-14(15)20-18(21)19/h2-6,8,10H,7,9,11H2,1H3,(H2,19,20)(H,22,23). The first-order valence-electron chi connectivity index (χ1n) is 7.67. The molecule has 0 aliphatic rings. The lowest BCUT2D eigenvalue weighted by Crippen LogP contribution is -2.05. The molecule has 0 aliphatic carbocycles. The Morgan fingerprint density at radius 1 is 1.29 bits per heavy atom. The molecule has 0 saturated heterocycles. The topological polar surface area (TPSA) is 90.4 Å². The van der Waals surface area contributed by atoms with Crippen LogP contribution in [0.4, 0.5) is 5.95 Å². The molecule has 2 aromatic carbocycles. The Morgan fingerprint density at radius 3 is 2.83 bits per heavy atom. The predicted molar refractivity (Wildman–Crippen MR) is 92.2 cm³/mol. The van der Waals surface area contributed by atoms with E-state index in [4.69, 9.17) is 15.6 Å². The lowest BCUT2D eigenvalue weighted by molar-refractivity contribution is -0.136. The molecule has 124 valence electrons. The van der Waals surface area contributed by atoms with E-state index in [1.807, 2.05) is 47.0 Å². The third-order valence-corrected chi connectivity index (χ3v) is 3.99. The average molecular weight is 325 g/mol. The third-order valence-electron chi connectivity index (χ3n) is 3.99. The third kappa shape index (κ3) is 3.17. The van der Waals surface area contributed by atoms with E-state index >= 15 is 0 Å². The van der Waals surface area contributed by atoms with Crippen LogP contribution >= 0.6 is 0 Å². The van der Waals surface area contributed by atoms with Crippen molar-refractivity contribution in [3.63, 3.8) is 0 Å². The number of imidazole rings is 1. The second-order valence-electron chi connectivity index (χ2n) is 5.58. The molecular formula is C18H19N3O3. The SMILES string of the molecule is COc1ccccc1Cn1c(N)nc2cc(CCC(=O)O)ccc21. The molecule has 0 aliphatic heterocycles. The number of rotatable bonds is 6. The molecule has 0 saturated carbocycles. The Balaban J connectivity index is 1.94. The van der Waals surface area contributed by atoms with Gasteiger partial charge in [-0.3, -0.25) is 4.79 Å². The molecule has 6 nitrogen and oxygen atoms in total. The molecule has 3 rings (SSSR count). The van der Waals surface area contributed by atoms with Crippen LogP contribution in [0.3, 0.4) is 0 Å². The fraction of sp³-hybridized carbons (Fsp3) is 0.222. The highest BCUT2D eigenvalue weighted by molar-refractivity contribution is 5.79. The molecular weight excluding hydrogens is 306 g/mol. The number of benzene rings is 2. The van der Waals surface area contributed by atoms with Crippen LogP contribution < -0.4 is 10.5 Å². The second-order valence-corrected chi connectivity index (χ2v) is 5.58. The minimum atomic E-state index is -0.809. The molecule has 24 heavy (non-hydrogen) atoms. The molecule has 0 amide bonds. The zero-order chi connectivity index (χ0) is 17.1. The molecule has 1 aromatic heterocycles. The lowest BCUT2D eigenvalue weighted by Gasteiger charge is -2.11. The average Bonchev–Trinajstić information content (AvgIpc) is 2.88. The minimum absolute atomic E-state index is 0.100.